The van der Waals surface area contributed by atoms with E-state index in [0.717, 1.165) is 31.7 Å². The third-order valence-electron chi connectivity index (χ3n) is 6.75. The molecular weight excluding hydrogens is 455 g/mol. The second-order valence-electron chi connectivity index (χ2n) is 9.23. The fraction of sp³-hybridized carbons (Fsp3) is 0.480. The Morgan fingerprint density at radius 1 is 0.912 bits per heavy atom. The normalized spacial score (nSPS) is 18.7. The highest BCUT2D eigenvalue weighted by molar-refractivity contribution is 7.88. The van der Waals surface area contributed by atoms with E-state index < -0.39 is 10.0 Å². The van der Waals surface area contributed by atoms with Crippen LogP contribution in [0.25, 0.3) is 0 Å². The number of benzene rings is 2. The van der Waals surface area contributed by atoms with Crippen LogP contribution >= 0.6 is 0 Å². The Hall–Kier alpha value is -2.49. The fourth-order valence-electron chi connectivity index (χ4n) is 4.50. The summed E-state index contributed by atoms with van der Waals surface area (Å²) in [5.41, 5.74) is 2.81. The lowest BCUT2D eigenvalue weighted by atomic mass is 9.97. The van der Waals surface area contributed by atoms with Gasteiger partial charge in [0.1, 0.15) is 5.82 Å². The van der Waals surface area contributed by atoms with E-state index >= 15 is 0 Å². The van der Waals surface area contributed by atoms with Gasteiger partial charge in [-0.1, -0.05) is 24.3 Å². The second kappa shape index (κ2) is 10.8. The molecule has 1 N–H and O–H groups in total. The molecule has 184 valence electrons. The van der Waals surface area contributed by atoms with Crippen molar-refractivity contribution in [3.05, 3.63) is 65.5 Å². The minimum Gasteiger partial charge on any atom is -0.369 e. The maximum atomic E-state index is 13.1. The van der Waals surface area contributed by atoms with Crippen LogP contribution in [-0.2, 0) is 27.1 Å². The summed E-state index contributed by atoms with van der Waals surface area (Å²) in [6.45, 7) is 5.26. The predicted octanol–water partition coefficient (Wildman–Crippen LogP) is 2.44. The van der Waals surface area contributed by atoms with Crippen molar-refractivity contribution in [3.8, 4) is 0 Å². The van der Waals surface area contributed by atoms with Crippen LogP contribution in [0.3, 0.4) is 0 Å². The zero-order valence-corrected chi connectivity index (χ0v) is 20.4. The second-order valence-corrected chi connectivity index (χ2v) is 11.2. The standard InChI is InChI=1S/C25H33FN4O3S/c1-28-14-16-29(17-15-28)24-8-4-20(5-9-24)18-27-25(31)22-10-12-30(13-11-22)34(32,33)19-21-2-6-23(26)7-3-21/h2-9,22H,10-19H2,1H3,(H,27,31). The SMILES string of the molecule is CN1CCN(c2ccc(CNC(=O)C3CCN(S(=O)(=O)Cc4ccc(F)cc4)CC3)cc2)CC1. The maximum absolute atomic E-state index is 13.1. The van der Waals surface area contributed by atoms with Crippen LogP contribution in [0.15, 0.2) is 48.5 Å². The van der Waals surface area contributed by atoms with Crippen LogP contribution in [0.5, 0.6) is 0 Å². The Balaban J connectivity index is 1.22. The zero-order valence-electron chi connectivity index (χ0n) is 19.6. The molecular formula is C25H33FN4O3S. The van der Waals surface area contributed by atoms with Gasteiger partial charge in [0, 0.05) is 57.4 Å². The van der Waals surface area contributed by atoms with Gasteiger partial charge < -0.3 is 15.1 Å². The van der Waals surface area contributed by atoms with E-state index in [1.54, 1.807) is 0 Å². The number of anilines is 1. The summed E-state index contributed by atoms with van der Waals surface area (Å²) in [5, 5.41) is 3.01. The van der Waals surface area contributed by atoms with E-state index in [1.165, 1.54) is 34.3 Å². The average molecular weight is 489 g/mol. The van der Waals surface area contributed by atoms with Crippen molar-refractivity contribution in [1.82, 2.24) is 14.5 Å². The molecule has 0 radical (unpaired) electrons. The molecule has 2 aliphatic heterocycles. The van der Waals surface area contributed by atoms with Gasteiger partial charge in [0.25, 0.3) is 0 Å². The molecule has 0 saturated carbocycles. The van der Waals surface area contributed by atoms with E-state index in [-0.39, 0.29) is 23.4 Å². The first-order valence-electron chi connectivity index (χ1n) is 11.8. The smallest absolute Gasteiger partial charge is 0.223 e. The van der Waals surface area contributed by atoms with Crippen molar-refractivity contribution in [1.29, 1.82) is 0 Å². The minimum atomic E-state index is -3.50. The Labute approximate surface area is 201 Å². The summed E-state index contributed by atoms with van der Waals surface area (Å²) in [4.78, 5) is 17.4. The fourth-order valence-corrected chi connectivity index (χ4v) is 6.06. The number of hydrogen-bond donors (Lipinski definition) is 1. The number of piperazine rings is 1. The van der Waals surface area contributed by atoms with Crippen molar-refractivity contribution in [2.24, 2.45) is 5.92 Å². The number of rotatable bonds is 7. The van der Waals surface area contributed by atoms with Gasteiger partial charge in [-0.15, -0.1) is 0 Å². The largest absolute Gasteiger partial charge is 0.369 e. The van der Waals surface area contributed by atoms with Gasteiger partial charge in [0.05, 0.1) is 5.75 Å². The van der Waals surface area contributed by atoms with Crippen molar-refractivity contribution in [3.63, 3.8) is 0 Å². The molecule has 4 rings (SSSR count). The van der Waals surface area contributed by atoms with Gasteiger partial charge in [-0.3, -0.25) is 4.79 Å². The molecule has 2 fully saturated rings. The van der Waals surface area contributed by atoms with Gasteiger partial charge in [-0.25, -0.2) is 17.1 Å². The molecule has 2 saturated heterocycles. The quantitative estimate of drug-likeness (QED) is 0.648. The Morgan fingerprint density at radius 3 is 2.12 bits per heavy atom. The van der Waals surface area contributed by atoms with Gasteiger partial charge in [-0.2, -0.15) is 0 Å². The van der Waals surface area contributed by atoms with Gasteiger partial charge in [0.15, 0.2) is 0 Å². The number of piperidine rings is 1. The number of amides is 1. The summed E-state index contributed by atoms with van der Waals surface area (Å²) in [7, 11) is -1.36. The lowest BCUT2D eigenvalue weighted by molar-refractivity contribution is -0.126. The number of carbonyl (C=O) groups excluding carboxylic acids is 1. The van der Waals surface area contributed by atoms with Gasteiger partial charge in [-0.05, 0) is 55.3 Å². The summed E-state index contributed by atoms with van der Waals surface area (Å²) in [6, 6.07) is 13.8. The number of likely N-dealkylation sites (N-methyl/N-ethyl adjacent to an activating group) is 1. The zero-order chi connectivity index (χ0) is 24.1. The van der Waals surface area contributed by atoms with Gasteiger partial charge >= 0.3 is 0 Å². The molecule has 0 aromatic heterocycles. The number of halogens is 1. The monoisotopic (exact) mass is 488 g/mol. The van der Waals surface area contributed by atoms with Crippen LogP contribution in [0, 0.1) is 11.7 Å². The molecule has 2 aliphatic rings. The first kappa shape index (κ1) is 24.6. The molecule has 0 spiro atoms. The third-order valence-corrected chi connectivity index (χ3v) is 8.60. The van der Waals surface area contributed by atoms with Crippen LogP contribution < -0.4 is 10.2 Å². The molecule has 1 amide bonds. The van der Waals surface area contributed by atoms with Crippen molar-refractivity contribution < 1.29 is 17.6 Å². The first-order valence-corrected chi connectivity index (χ1v) is 13.4. The minimum absolute atomic E-state index is 0.0290. The molecule has 7 nitrogen and oxygen atoms in total. The lowest BCUT2D eigenvalue weighted by Crippen LogP contribution is -2.44. The Morgan fingerprint density at radius 2 is 1.50 bits per heavy atom. The molecule has 0 unspecified atom stereocenters. The number of nitrogens with zero attached hydrogens (tertiary/aromatic N) is 3. The summed E-state index contributed by atoms with van der Waals surface area (Å²) < 4.78 is 39.9. The predicted molar refractivity (Wildman–Crippen MR) is 131 cm³/mol. The molecule has 0 atom stereocenters. The lowest BCUT2D eigenvalue weighted by Gasteiger charge is -2.34. The summed E-state index contributed by atoms with van der Waals surface area (Å²) in [6.07, 6.45) is 0.994. The molecule has 2 aromatic rings. The van der Waals surface area contributed by atoms with E-state index in [2.05, 4.69) is 46.4 Å². The van der Waals surface area contributed by atoms with Crippen LogP contribution in [0.1, 0.15) is 24.0 Å². The Kier molecular flexibility index (Phi) is 7.85. The third kappa shape index (κ3) is 6.34. The highest BCUT2D eigenvalue weighted by Gasteiger charge is 2.31. The van der Waals surface area contributed by atoms with E-state index in [0.29, 0.717) is 38.0 Å². The summed E-state index contributed by atoms with van der Waals surface area (Å²) >= 11 is 0. The van der Waals surface area contributed by atoms with Crippen LogP contribution in [0.2, 0.25) is 0 Å². The number of carbonyl (C=O) groups is 1. The average Bonchev–Trinajstić information content (AvgIpc) is 2.85. The van der Waals surface area contributed by atoms with Crippen LogP contribution in [0.4, 0.5) is 10.1 Å². The number of hydrogen-bond acceptors (Lipinski definition) is 5. The number of nitrogens with one attached hydrogen (secondary N) is 1. The molecule has 9 heteroatoms. The summed E-state index contributed by atoms with van der Waals surface area (Å²) in [5.74, 6) is -0.770. The number of sulfonamides is 1. The van der Waals surface area contributed by atoms with Gasteiger partial charge in [0.2, 0.25) is 15.9 Å². The maximum Gasteiger partial charge on any atom is 0.223 e. The highest BCUT2D eigenvalue weighted by Crippen LogP contribution is 2.22. The van der Waals surface area contributed by atoms with E-state index in [9.17, 15) is 17.6 Å². The van der Waals surface area contributed by atoms with E-state index in [4.69, 9.17) is 0 Å². The first-order chi connectivity index (χ1) is 16.3. The molecule has 0 aliphatic carbocycles. The van der Waals surface area contributed by atoms with Crippen molar-refractivity contribution in [2.75, 3.05) is 51.2 Å². The molecule has 0 bridgehead atoms. The molecule has 2 heterocycles. The van der Waals surface area contributed by atoms with Crippen LogP contribution in [-0.4, -0.2) is 69.8 Å². The highest BCUT2D eigenvalue weighted by atomic mass is 32.2. The molecule has 34 heavy (non-hydrogen) atoms. The van der Waals surface area contributed by atoms with Crippen molar-refractivity contribution in [2.45, 2.75) is 25.1 Å². The topological polar surface area (TPSA) is 73.0 Å². The van der Waals surface area contributed by atoms with E-state index in [1.807, 2.05) is 0 Å². The Bertz CT molecular complexity index is 1060. The van der Waals surface area contributed by atoms with Crippen molar-refractivity contribution >= 4 is 21.6 Å². The molecule has 2 aromatic carbocycles.